The molecule has 0 aromatic heterocycles. The van der Waals surface area contributed by atoms with Gasteiger partial charge in [0.05, 0.1) is 0 Å². The van der Waals surface area contributed by atoms with Crippen LogP contribution in [0.2, 0.25) is 0 Å². The van der Waals surface area contributed by atoms with Gasteiger partial charge in [0, 0.05) is 37.9 Å². The van der Waals surface area contributed by atoms with Crippen molar-refractivity contribution in [2.75, 3.05) is 19.6 Å². The van der Waals surface area contributed by atoms with Crippen molar-refractivity contribution in [2.24, 2.45) is 0 Å². The second-order valence-electron chi connectivity index (χ2n) is 3.44. The molecule has 0 bridgehead atoms. The first-order chi connectivity index (χ1) is 8.68. The molecule has 6 heteroatoms. The van der Waals surface area contributed by atoms with E-state index in [0.29, 0.717) is 0 Å². The Morgan fingerprint density at radius 3 is 1.17 bits per heavy atom. The zero-order valence-electron chi connectivity index (χ0n) is 9.81. The van der Waals surface area contributed by atoms with E-state index in [4.69, 9.17) is 0 Å². The Bertz CT molecular complexity index is 349. The van der Waals surface area contributed by atoms with Crippen LogP contribution in [0.3, 0.4) is 0 Å². The number of hydrogen-bond acceptors (Lipinski definition) is 3. The minimum atomic E-state index is -0.278. The topological polar surface area (TPSA) is 87.3 Å². The van der Waals surface area contributed by atoms with Crippen molar-refractivity contribution in [2.45, 2.75) is 0 Å². The van der Waals surface area contributed by atoms with Gasteiger partial charge in [-0.2, -0.15) is 0 Å². The van der Waals surface area contributed by atoms with Gasteiger partial charge in [-0.15, -0.1) is 0 Å². The van der Waals surface area contributed by atoms with Gasteiger partial charge < -0.3 is 16.0 Å². The largest absolute Gasteiger partial charge is 0.349 e. The van der Waals surface area contributed by atoms with Crippen molar-refractivity contribution in [1.82, 2.24) is 16.0 Å². The monoisotopic (exact) mass is 249 g/mol. The molecule has 0 atom stereocenters. The van der Waals surface area contributed by atoms with Crippen LogP contribution in [0.4, 0.5) is 0 Å². The summed E-state index contributed by atoms with van der Waals surface area (Å²) in [5.74, 6) is -0.834. The van der Waals surface area contributed by atoms with Crippen LogP contribution in [0.25, 0.3) is 0 Å². The molecule has 1 aliphatic heterocycles. The summed E-state index contributed by atoms with van der Waals surface area (Å²) in [6.45, 7) is 0.830. The standard InChI is InChI=1S/C12H15N3O3/c16-10-4-1-7-13-11(17)5-2-9-15-12(18)6-3-8-14-10/h1-6H,7-9H2,(H,13,17)(H,14,16)(H,15,18)/b4-1+,5-2+,6-3+. The lowest BCUT2D eigenvalue weighted by Gasteiger charge is -1.97. The van der Waals surface area contributed by atoms with Crippen molar-refractivity contribution in [3.8, 4) is 0 Å². The van der Waals surface area contributed by atoms with Crippen LogP contribution in [0, 0.1) is 0 Å². The summed E-state index contributed by atoms with van der Waals surface area (Å²) in [5, 5.41) is 7.69. The van der Waals surface area contributed by atoms with E-state index in [9.17, 15) is 14.4 Å². The first-order valence-electron chi connectivity index (χ1n) is 5.51. The first-order valence-corrected chi connectivity index (χ1v) is 5.51. The van der Waals surface area contributed by atoms with Gasteiger partial charge >= 0.3 is 0 Å². The molecule has 0 saturated heterocycles. The Kier molecular flexibility index (Phi) is 5.96. The highest BCUT2D eigenvalue weighted by Crippen LogP contribution is 1.80. The highest BCUT2D eigenvalue weighted by atomic mass is 16.2. The molecule has 0 fully saturated rings. The first kappa shape index (κ1) is 13.7. The van der Waals surface area contributed by atoms with Crippen molar-refractivity contribution < 1.29 is 14.4 Å². The maximum atomic E-state index is 11.2. The van der Waals surface area contributed by atoms with E-state index in [1.54, 1.807) is 18.2 Å². The van der Waals surface area contributed by atoms with E-state index in [2.05, 4.69) is 16.0 Å². The zero-order valence-corrected chi connectivity index (χ0v) is 9.81. The SMILES string of the molecule is O=C1/C=C/CNC(=O)/C=C/CNC(=O)/C=C/CN1. The van der Waals surface area contributed by atoms with Crippen molar-refractivity contribution >= 4 is 17.7 Å². The highest BCUT2D eigenvalue weighted by molar-refractivity contribution is 5.90. The van der Waals surface area contributed by atoms with Crippen LogP contribution >= 0.6 is 0 Å². The third-order valence-electron chi connectivity index (χ3n) is 1.99. The number of rotatable bonds is 0. The third-order valence-corrected chi connectivity index (χ3v) is 1.99. The number of carbonyl (C=O) groups excluding carboxylic acids is 3. The molecule has 1 rings (SSSR count). The van der Waals surface area contributed by atoms with Gasteiger partial charge in [-0.3, -0.25) is 14.4 Å². The average molecular weight is 249 g/mol. The Labute approximate surface area is 105 Å². The molecule has 0 radical (unpaired) electrons. The maximum absolute atomic E-state index is 11.2. The summed E-state index contributed by atoms with van der Waals surface area (Å²) in [7, 11) is 0. The Balaban J connectivity index is 2.59. The molecule has 1 heterocycles. The molecular formula is C12H15N3O3. The second-order valence-corrected chi connectivity index (χ2v) is 3.44. The zero-order chi connectivity index (χ0) is 13.2. The fourth-order valence-electron chi connectivity index (χ4n) is 1.15. The van der Waals surface area contributed by atoms with Crippen LogP contribution < -0.4 is 16.0 Å². The number of hydrogen-bond donors (Lipinski definition) is 3. The summed E-state index contributed by atoms with van der Waals surface area (Å²) >= 11 is 0. The Morgan fingerprint density at radius 2 is 0.889 bits per heavy atom. The highest BCUT2D eigenvalue weighted by Gasteiger charge is 1.96. The van der Waals surface area contributed by atoms with Gasteiger partial charge in [0.25, 0.3) is 0 Å². The van der Waals surface area contributed by atoms with E-state index in [1.165, 1.54) is 18.2 Å². The predicted molar refractivity (Wildman–Crippen MR) is 66.4 cm³/mol. The van der Waals surface area contributed by atoms with Gasteiger partial charge in [-0.05, 0) is 0 Å². The molecule has 0 aromatic carbocycles. The lowest BCUT2D eigenvalue weighted by molar-refractivity contribution is -0.117. The molecule has 96 valence electrons. The fourth-order valence-corrected chi connectivity index (χ4v) is 1.15. The van der Waals surface area contributed by atoms with E-state index in [-0.39, 0.29) is 37.4 Å². The fraction of sp³-hybridized carbons (Fsp3) is 0.250. The van der Waals surface area contributed by atoms with Gasteiger partial charge in [-0.25, -0.2) is 0 Å². The quantitative estimate of drug-likeness (QED) is 0.515. The summed E-state index contributed by atoms with van der Waals surface area (Å²) in [5.41, 5.74) is 0. The summed E-state index contributed by atoms with van der Waals surface area (Å²) < 4.78 is 0. The minimum Gasteiger partial charge on any atom is -0.349 e. The van der Waals surface area contributed by atoms with E-state index in [0.717, 1.165) is 0 Å². The Morgan fingerprint density at radius 1 is 0.611 bits per heavy atom. The molecule has 0 unspecified atom stereocenters. The van der Waals surface area contributed by atoms with Gasteiger partial charge in [0.15, 0.2) is 0 Å². The van der Waals surface area contributed by atoms with Crippen LogP contribution in [0.5, 0.6) is 0 Å². The number of carbonyl (C=O) groups is 3. The number of amides is 3. The normalized spacial score (nSPS) is 23.7. The lowest BCUT2D eigenvalue weighted by Crippen LogP contribution is -2.23. The summed E-state index contributed by atoms with van der Waals surface area (Å²) in [4.78, 5) is 33.7. The van der Waals surface area contributed by atoms with Crippen LogP contribution in [-0.2, 0) is 14.4 Å². The van der Waals surface area contributed by atoms with Gasteiger partial charge in [0.1, 0.15) is 0 Å². The van der Waals surface area contributed by atoms with E-state index in [1.807, 2.05) is 0 Å². The predicted octanol–water partition coefficient (Wildman–Crippen LogP) is -0.983. The summed E-state index contributed by atoms with van der Waals surface area (Å²) in [6.07, 6.45) is 8.64. The van der Waals surface area contributed by atoms with E-state index < -0.39 is 0 Å². The van der Waals surface area contributed by atoms with Crippen LogP contribution in [0.15, 0.2) is 36.5 Å². The van der Waals surface area contributed by atoms with Crippen molar-refractivity contribution in [1.29, 1.82) is 0 Å². The molecule has 0 aromatic rings. The molecule has 1 aliphatic rings. The molecule has 0 aliphatic carbocycles. The third kappa shape index (κ3) is 6.26. The smallest absolute Gasteiger partial charge is 0.243 e. The van der Waals surface area contributed by atoms with Crippen LogP contribution in [0.1, 0.15) is 0 Å². The van der Waals surface area contributed by atoms with E-state index >= 15 is 0 Å². The lowest BCUT2D eigenvalue weighted by atomic mass is 10.4. The molecule has 0 saturated carbocycles. The Hall–Kier alpha value is -2.37. The van der Waals surface area contributed by atoms with Crippen LogP contribution in [-0.4, -0.2) is 37.4 Å². The van der Waals surface area contributed by atoms with Gasteiger partial charge in [0.2, 0.25) is 17.7 Å². The van der Waals surface area contributed by atoms with Gasteiger partial charge in [-0.1, -0.05) is 18.2 Å². The minimum absolute atomic E-state index is 0.277. The molecule has 3 N–H and O–H groups in total. The molecule has 0 spiro atoms. The molecule has 3 amide bonds. The molecular weight excluding hydrogens is 234 g/mol. The molecule has 18 heavy (non-hydrogen) atoms. The second kappa shape index (κ2) is 7.83. The van der Waals surface area contributed by atoms with Crippen molar-refractivity contribution in [3.05, 3.63) is 36.5 Å². The molecule has 6 nitrogen and oxygen atoms in total. The maximum Gasteiger partial charge on any atom is 0.243 e. The summed E-state index contributed by atoms with van der Waals surface area (Å²) in [6, 6.07) is 0. The van der Waals surface area contributed by atoms with Crippen molar-refractivity contribution in [3.63, 3.8) is 0 Å². The average Bonchev–Trinajstić information content (AvgIpc) is 2.35. The number of nitrogens with one attached hydrogen (secondary N) is 3.